The van der Waals surface area contributed by atoms with E-state index in [4.69, 9.17) is 31.8 Å². The van der Waals surface area contributed by atoms with Crippen molar-refractivity contribution >= 4 is 40.1 Å². The van der Waals surface area contributed by atoms with Crippen LogP contribution in [0.5, 0.6) is 0 Å². The molecule has 4 aromatic rings. The number of aryl methyl sites for hydroxylation is 2. The van der Waals surface area contributed by atoms with E-state index in [9.17, 15) is 5.11 Å². The molecule has 2 aromatic heterocycles. The lowest BCUT2D eigenvalue weighted by molar-refractivity contribution is 0.0906. The lowest BCUT2D eigenvalue weighted by Gasteiger charge is -2.21. The van der Waals surface area contributed by atoms with Crippen LogP contribution in [-0.2, 0) is 5.54 Å². The van der Waals surface area contributed by atoms with Crippen LogP contribution in [0.25, 0.3) is 27.6 Å². The smallest absolute Gasteiger partial charge is 0.165 e. The van der Waals surface area contributed by atoms with Gasteiger partial charge >= 0.3 is 0 Å². The van der Waals surface area contributed by atoms with Gasteiger partial charge in [-0.2, -0.15) is 0 Å². The molecule has 4 N–H and O–H groups in total. The molecule has 8 nitrogen and oxygen atoms in total. The van der Waals surface area contributed by atoms with Crippen molar-refractivity contribution in [1.29, 1.82) is 0 Å². The molecule has 1 saturated carbocycles. The summed E-state index contributed by atoms with van der Waals surface area (Å²) in [5.41, 5.74) is 9.94. The molecule has 0 radical (unpaired) electrons. The largest absolute Gasteiger partial charge is 0.404 e. The highest BCUT2D eigenvalue weighted by molar-refractivity contribution is 6.30. The van der Waals surface area contributed by atoms with E-state index < -0.39 is 5.60 Å². The zero-order valence-electron chi connectivity index (χ0n) is 21.9. The summed E-state index contributed by atoms with van der Waals surface area (Å²) >= 11 is 6.33. The fourth-order valence-corrected chi connectivity index (χ4v) is 4.76. The first-order valence-corrected chi connectivity index (χ1v) is 12.9. The van der Waals surface area contributed by atoms with Crippen LogP contribution < -0.4 is 11.1 Å². The van der Waals surface area contributed by atoms with Gasteiger partial charge in [-0.25, -0.2) is 9.97 Å². The van der Waals surface area contributed by atoms with Gasteiger partial charge in [0, 0.05) is 28.4 Å². The van der Waals surface area contributed by atoms with E-state index >= 15 is 0 Å². The Kier molecular flexibility index (Phi) is 6.71. The maximum atomic E-state index is 10.0. The van der Waals surface area contributed by atoms with E-state index in [0.717, 1.165) is 51.9 Å². The average molecular weight is 531 g/mol. The van der Waals surface area contributed by atoms with E-state index in [0.29, 0.717) is 22.2 Å². The summed E-state index contributed by atoms with van der Waals surface area (Å²) in [4.78, 5) is 14.1. The van der Waals surface area contributed by atoms with Crippen molar-refractivity contribution in [2.24, 2.45) is 10.7 Å². The molecule has 0 bridgehead atoms. The Bertz CT molecular complexity index is 1540. The number of benzene rings is 2. The molecule has 1 aliphatic carbocycles. The minimum absolute atomic E-state index is 0.224. The number of nitrogens with zero attached hydrogens (tertiary/aromatic N) is 4. The SMILES string of the molecule is Cc1noc(C)c1-c1ccc2nc(C(C=NCC(C)(C)O)=CN)nc(NC3(c4cccc(Cl)c4)CC3)c2c1. The second-order valence-electron chi connectivity index (χ2n) is 10.4. The highest BCUT2D eigenvalue weighted by Gasteiger charge is 2.45. The molecule has 1 fully saturated rings. The van der Waals surface area contributed by atoms with Crippen LogP contribution in [0.15, 0.2) is 58.2 Å². The highest BCUT2D eigenvalue weighted by Crippen LogP contribution is 2.49. The third-order valence-electron chi connectivity index (χ3n) is 6.65. The molecule has 1 aliphatic rings. The Balaban J connectivity index is 1.63. The normalized spacial score (nSPS) is 15.4. The van der Waals surface area contributed by atoms with E-state index in [-0.39, 0.29) is 12.1 Å². The number of hydrogen-bond acceptors (Lipinski definition) is 8. The quantitative estimate of drug-likeness (QED) is 0.246. The second-order valence-corrected chi connectivity index (χ2v) is 10.9. The van der Waals surface area contributed by atoms with E-state index in [1.54, 1.807) is 20.1 Å². The van der Waals surface area contributed by atoms with Crippen molar-refractivity contribution in [1.82, 2.24) is 15.1 Å². The van der Waals surface area contributed by atoms with Crippen LogP contribution in [0.2, 0.25) is 5.02 Å². The number of hydrogen-bond donors (Lipinski definition) is 3. The average Bonchev–Trinajstić information content (AvgIpc) is 3.58. The van der Waals surface area contributed by atoms with Crippen molar-refractivity contribution in [2.45, 2.75) is 51.7 Å². The van der Waals surface area contributed by atoms with Crippen molar-refractivity contribution in [3.05, 3.63) is 76.5 Å². The number of halogens is 1. The fourth-order valence-electron chi connectivity index (χ4n) is 4.57. The Morgan fingerprint density at radius 3 is 2.63 bits per heavy atom. The number of nitrogens with two attached hydrogens (primary N) is 1. The zero-order chi connectivity index (χ0) is 27.1. The summed E-state index contributed by atoms with van der Waals surface area (Å²) in [6.07, 6.45) is 4.93. The molecule has 0 atom stereocenters. The Morgan fingerprint density at radius 1 is 1.21 bits per heavy atom. The Hall–Kier alpha value is -3.75. The van der Waals surface area contributed by atoms with Gasteiger partial charge in [-0.05, 0) is 75.9 Å². The lowest BCUT2D eigenvalue weighted by atomic mass is 10.0. The molecule has 9 heteroatoms. The van der Waals surface area contributed by atoms with Gasteiger partial charge in [-0.1, -0.05) is 35.0 Å². The van der Waals surface area contributed by atoms with Gasteiger partial charge in [0.2, 0.25) is 0 Å². The third kappa shape index (κ3) is 5.28. The Labute approximate surface area is 226 Å². The van der Waals surface area contributed by atoms with Crippen LogP contribution in [0.1, 0.15) is 49.5 Å². The number of rotatable bonds is 8. The van der Waals surface area contributed by atoms with Gasteiger partial charge in [0.15, 0.2) is 5.82 Å². The number of aliphatic imine (C=N–C) groups is 1. The first-order chi connectivity index (χ1) is 18.1. The molecule has 0 unspecified atom stereocenters. The molecule has 0 spiro atoms. The molecular weight excluding hydrogens is 500 g/mol. The molecule has 196 valence electrons. The molecule has 0 saturated heterocycles. The Morgan fingerprint density at radius 2 is 2.00 bits per heavy atom. The van der Waals surface area contributed by atoms with Gasteiger partial charge < -0.3 is 20.7 Å². The minimum atomic E-state index is -0.933. The maximum Gasteiger partial charge on any atom is 0.165 e. The van der Waals surface area contributed by atoms with Crippen molar-refractivity contribution in [3.63, 3.8) is 0 Å². The molecule has 2 heterocycles. The number of nitrogens with one attached hydrogen (secondary N) is 1. The van der Waals surface area contributed by atoms with Crippen molar-refractivity contribution in [2.75, 3.05) is 11.9 Å². The first-order valence-electron chi connectivity index (χ1n) is 12.5. The minimum Gasteiger partial charge on any atom is -0.404 e. The number of aromatic nitrogens is 3. The predicted molar refractivity (Wildman–Crippen MR) is 152 cm³/mol. The summed E-state index contributed by atoms with van der Waals surface area (Å²) in [7, 11) is 0. The molecule has 5 rings (SSSR count). The third-order valence-corrected chi connectivity index (χ3v) is 6.88. The van der Waals surface area contributed by atoms with Crippen LogP contribution in [-0.4, -0.2) is 38.6 Å². The topological polar surface area (TPSA) is 122 Å². The van der Waals surface area contributed by atoms with E-state index in [1.165, 1.54) is 6.20 Å². The predicted octanol–water partition coefficient (Wildman–Crippen LogP) is 5.80. The maximum absolute atomic E-state index is 10.0. The summed E-state index contributed by atoms with van der Waals surface area (Å²) < 4.78 is 5.42. The second kappa shape index (κ2) is 9.85. The standard InChI is InChI=1S/C29H31ClN6O2/c1-17-25(18(2)38-36-17)19-8-9-24-23(12-19)27(35-29(10-11-29)21-6-5-7-22(30)13-21)34-26(33-24)20(14-31)15-32-16-28(3,4)37/h5-9,12-15,37H,10-11,16,31H2,1-4H3,(H,33,34,35). The number of anilines is 1. The number of fused-ring (bicyclic) bond motifs is 1. The molecule has 2 aromatic carbocycles. The van der Waals surface area contributed by atoms with Gasteiger partial charge in [0.05, 0.1) is 34.5 Å². The van der Waals surface area contributed by atoms with Gasteiger partial charge in [0.25, 0.3) is 0 Å². The molecule has 0 aliphatic heterocycles. The summed E-state index contributed by atoms with van der Waals surface area (Å²) in [6.45, 7) is 7.46. The van der Waals surface area contributed by atoms with Crippen LogP contribution in [0.4, 0.5) is 5.82 Å². The van der Waals surface area contributed by atoms with Crippen molar-refractivity contribution in [3.8, 4) is 11.1 Å². The zero-order valence-corrected chi connectivity index (χ0v) is 22.7. The molecule has 0 amide bonds. The van der Waals surface area contributed by atoms with Crippen LogP contribution in [0.3, 0.4) is 0 Å². The van der Waals surface area contributed by atoms with Crippen molar-refractivity contribution < 1.29 is 9.63 Å². The van der Waals surface area contributed by atoms with Gasteiger partial charge in [0.1, 0.15) is 11.6 Å². The van der Waals surface area contributed by atoms with Crippen LogP contribution in [0, 0.1) is 13.8 Å². The monoisotopic (exact) mass is 530 g/mol. The molecule has 38 heavy (non-hydrogen) atoms. The van der Waals surface area contributed by atoms with E-state index in [1.807, 2.05) is 44.2 Å². The number of aliphatic hydroxyl groups is 1. The lowest BCUT2D eigenvalue weighted by Crippen LogP contribution is -2.22. The number of allylic oxidation sites excluding steroid dienone is 1. The first kappa shape index (κ1) is 25.9. The van der Waals surface area contributed by atoms with E-state index in [2.05, 4.69) is 27.6 Å². The fraction of sp³-hybridized carbons (Fsp3) is 0.310. The summed E-state index contributed by atoms with van der Waals surface area (Å²) in [5, 5.41) is 19.4. The highest BCUT2D eigenvalue weighted by atomic mass is 35.5. The molecular formula is C29H31ClN6O2. The van der Waals surface area contributed by atoms with Gasteiger partial charge in [-0.3, -0.25) is 4.99 Å². The summed E-state index contributed by atoms with van der Waals surface area (Å²) in [5.74, 6) is 1.88. The van der Waals surface area contributed by atoms with Gasteiger partial charge in [-0.15, -0.1) is 0 Å². The van der Waals surface area contributed by atoms with Crippen LogP contribution >= 0.6 is 11.6 Å². The summed E-state index contributed by atoms with van der Waals surface area (Å²) in [6, 6.07) is 14.0.